The molecule has 0 aliphatic heterocycles. The molecule has 1 amide bonds. The lowest BCUT2D eigenvalue weighted by Crippen LogP contribution is -2.24. The average molecular weight is 422 g/mol. The Balaban J connectivity index is 1.29. The van der Waals surface area contributed by atoms with Gasteiger partial charge in [-0.1, -0.05) is 42.1 Å². The first kappa shape index (κ1) is 18.9. The van der Waals surface area contributed by atoms with E-state index in [0.29, 0.717) is 12.6 Å². The van der Waals surface area contributed by atoms with Crippen molar-refractivity contribution in [2.24, 2.45) is 0 Å². The fourth-order valence-electron chi connectivity index (χ4n) is 3.46. The number of H-pyrrole nitrogens is 1. The molecule has 2 aromatic carbocycles. The monoisotopic (exact) mass is 421 g/mol. The first-order valence-corrected chi connectivity index (χ1v) is 10.8. The maximum absolute atomic E-state index is 13.0. The number of aromatic nitrogens is 4. The summed E-state index contributed by atoms with van der Waals surface area (Å²) >= 11 is 1.39. The SMILES string of the molecule is O=C(CSc1nnc(-c2c[nH]c3ccccc23)n1C1CC1)NCc1ccc(F)cc1. The van der Waals surface area contributed by atoms with E-state index in [-0.39, 0.29) is 17.5 Å². The van der Waals surface area contributed by atoms with E-state index in [1.54, 1.807) is 12.1 Å². The van der Waals surface area contributed by atoms with Crippen LogP contribution >= 0.6 is 11.8 Å². The molecule has 152 valence electrons. The average Bonchev–Trinajstić information content (AvgIpc) is 3.37. The molecule has 1 aliphatic carbocycles. The lowest BCUT2D eigenvalue weighted by molar-refractivity contribution is -0.118. The number of halogens is 1. The number of aromatic amines is 1. The molecule has 4 aromatic rings. The Morgan fingerprint density at radius 1 is 1.17 bits per heavy atom. The number of para-hydroxylation sites is 1. The molecule has 0 bridgehead atoms. The summed E-state index contributed by atoms with van der Waals surface area (Å²) in [6, 6.07) is 14.6. The van der Waals surface area contributed by atoms with Crippen molar-refractivity contribution in [1.82, 2.24) is 25.1 Å². The van der Waals surface area contributed by atoms with Crippen LogP contribution in [0.5, 0.6) is 0 Å². The fourth-order valence-corrected chi connectivity index (χ4v) is 4.30. The second-order valence-corrected chi connectivity index (χ2v) is 8.29. The van der Waals surface area contributed by atoms with E-state index in [0.717, 1.165) is 45.9 Å². The molecule has 0 spiro atoms. The smallest absolute Gasteiger partial charge is 0.230 e. The molecule has 5 rings (SSSR count). The predicted octanol–water partition coefficient (Wildman–Crippen LogP) is 4.31. The third-order valence-corrected chi connectivity index (χ3v) is 6.09. The number of thioether (sulfide) groups is 1. The summed E-state index contributed by atoms with van der Waals surface area (Å²) in [5.74, 6) is 0.707. The highest BCUT2D eigenvalue weighted by molar-refractivity contribution is 7.99. The van der Waals surface area contributed by atoms with Crippen LogP contribution in [-0.4, -0.2) is 31.4 Å². The molecule has 1 aliphatic rings. The van der Waals surface area contributed by atoms with Gasteiger partial charge in [-0.05, 0) is 36.6 Å². The maximum atomic E-state index is 13.0. The molecule has 30 heavy (non-hydrogen) atoms. The van der Waals surface area contributed by atoms with Gasteiger partial charge in [0.15, 0.2) is 11.0 Å². The minimum atomic E-state index is -0.286. The van der Waals surface area contributed by atoms with Crippen LogP contribution in [0, 0.1) is 5.82 Å². The molecule has 2 heterocycles. The second-order valence-electron chi connectivity index (χ2n) is 7.35. The Kier molecular flexibility index (Phi) is 5.00. The number of nitrogens with one attached hydrogen (secondary N) is 2. The van der Waals surface area contributed by atoms with Crippen LogP contribution < -0.4 is 5.32 Å². The Bertz CT molecular complexity index is 1200. The van der Waals surface area contributed by atoms with Gasteiger partial charge in [-0.15, -0.1) is 10.2 Å². The molecule has 0 radical (unpaired) electrons. The molecule has 1 saturated carbocycles. The van der Waals surface area contributed by atoms with Gasteiger partial charge in [0.05, 0.1) is 5.75 Å². The number of carbonyl (C=O) groups excluding carboxylic acids is 1. The van der Waals surface area contributed by atoms with E-state index in [2.05, 4.69) is 31.1 Å². The van der Waals surface area contributed by atoms with Crippen molar-refractivity contribution in [2.75, 3.05) is 5.75 Å². The van der Waals surface area contributed by atoms with Gasteiger partial charge in [0, 0.05) is 35.2 Å². The maximum Gasteiger partial charge on any atom is 0.230 e. The lowest BCUT2D eigenvalue weighted by atomic mass is 10.1. The van der Waals surface area contributed by atoms with Crippen LogP contribution in [-0.2, 0) is 11.3 Å². The number of benzene rings is 2. The Morgan fingerprint density at radius 3 is 2.77 bits per heavy atom. The molecule has 2 N–H and O–H groups in total. The van der Waals surface area contributed by atoms with Crippen molar-refractivity contribution in [3.63, 3.8) is 0 Å². The molecular weight excluding hydrogens is 401 g/mol. The van der Waals surface area contributed by atoms with Gasteiger partial charge >= 0.3 is 0 Å². The standard InChI is InChI=1S/C22H20FN5OS/c23-15-7-5-14(6-8-15)11-25-20(29)13-30-22-27-26-21(28(22)16-9-10-16)18-12-24-19-4-2-1-3-17(18)19/h1-8,12,16,24H,9-11,13H2,(H,25,29). The second kappa shape index (κ2) is 7.95. The molecule has 6 nitrogen and oxygen atoms in total. The molecule has 8 heteroatoms. The van der Waals surface area contributed by atoms with Crippen molar-refractivity contribution < 1.29 is 9.18 Å². The van der Waals surface area contributed by atoms with Gasteiger partial charge in [0.2, 0.25) is 5.91 Å². The van der Waals surface area contributed by atoms with Crippen LogP contribution in [0.3, 0.4) is 0 Å². The van der Waals surface area contributed by atoms with Crippen LogP contribution in [0.15, 0.2) is 59.9 Å². The zero-order valence-electron chi connectivity index (χ0n) is 16.1. The Hall–Kier alpha value is -3.13. The zero-order chi connectivity index (χ0) is 20.5. The van der Waals surface area contributed by atoms with Crippen molar-refractivity contribution in [3.8, 4) is 11.4 Å². The number of hydrogen-bond donors (Lipinski definition) is 2. The fraction of sp³-hybridized carbons (Fsp3) is 0.227. The Morgan fingerprint density at radius 2 is 1.97 bits per heavy atom. The van der Waals surface area contributed by atoms with Crippen molar-refractivity contribution in [1.29, 1.82) is 0 Å². The number of nitrogens with zero attached hydrogens (tertiary/aromatic N) is 3. The van der Waals surface area contributed by atoms with Gasteiger partial charge in [-0.3, -0.25) is 9.36 Å². The zero-order valence-corrected chi connectivity index (χ0v) is 17.0. The van der Waals surface area contributed by atoms with E-state index in [1.807, 2.05) is 24.4 Å². The van der Waals surface area contributed by atoms with Gasteiger partial charge in [-0.2, -0.15) is 0 Å². The Labute approximate surface area is 176 Å². The highest BCUT2D eigenvalue weighted by atomic mass is 32.2. The summed E-state index contributed by atoms with van der Waals surface area (Å²) in [4.78, 5) is 15.6. The third-order valence-electron chi connectivity index (χ3n) is 5.14. The highest BCUT2D eigenvalue weighted by Gasteiger charge is 2.31. The van der Waals surface area contributed by atoms with Crippen molar-refractivity contribution >= 4 is 28.6 Å². The molecule has 0 unspecified atom stereocenters. The number of rotatable bonds is 7. The number of hydrogen-bond acceptors (Lipinski definition) is 4. The predicted molar refractivity (Wildman–Crippen MR) is 115 cm³/mol. The van der Waals surface area contributed by atoms with Gasteiger partial charge in [-0.25, -0.2) is 4.39 Å². The molecular formula is C22H20FN5OS. The first-order valence-electron chi connectivity index (χ1n) is 9.84. The summed E-state index contributed by atoms with van der Waals surface area (Å²) in [5, 5.41) is 13.6. The lowest BCUT2D eigenvalue weighted by Gasteiger charge is -2.09. The summed E-state index contributed by atoms with van der Waals surface area (Å²) in [6.07, 6.45) is 4.16. The van der Waals surface area contributed by atoms with Crippen LogP contribution in [0.2, 0.25) is 0 Å². The van der Waals surface area contributed by atoms with Crippen molar-refractivity contribution in [3.05, 3.63) is 66.1 Å². The summed E-state index contributed by atoms with van der Waals surface area (Å²) in [6.45, 7) is 0.371. The minimum Gasteiger partial charge on any atom is -0.360 e. The van der Waals surface area contributed by atoms with Crippen molar-refractivity contribution in [2.45, 2.75) is 30.6 Å². The number of amides is 1. The highest BCUT2D eigenvalue weighted by Crippen LogP contribution is 2.42. The third kappa shape index (κ3) is 3.82. The summed E-state index contributed by atoms with van der Waals surface area (Å²) < 4.78 is 15.1. The normalized spacial score (nSPS) is 13.6. The first-order chi connectivity index (χ1) is 14.7. The van der Waals surface area contributed by atoms with Gasteiger partial charge < -0.3 is 10.3 Å². The van der Waals surface area contributed by atoms with Crippen LogP contribution in [0.4, 0.5) is 4.39 Å². The topological polar surface area (TPSA) is 75.6 Å². The molecule has 0 atom stereocenters. The number of carbonyl (C=O) groups is 1. The van der Waals surface area contributed by atoms with E-state index in [4.69, 9.17) is 0 Å². The summed E-state index contributed by atoms with van der Waals surface area (Å²) in [7, 11) is 0. The van der Waals surface area contributed by atoms with E-state index >= 15 is 0 Å². The molecule has 2 aromatic heterocycles. The molecule has 1 fully saturated rings. The van der Waals surface area contributed by atoms with Crippen LogP contribution in [0.1, 0.15) is 24.4 Å². The largest absolute Gasteiger partial charge is 0.360 e. The van der Waals surface area contributed by atoms with E-state index < -0.39 is 0 Å². The van der Waals surface area contributed by atoms with Gasteiger partial charge in [0.1, 0.15) is 5.82 Å². The number of fused-ring (bicyclic) bond motifs is 1. The quantitative estimate of drug-likeness (QED) is 0.436. The molecule has 0 saturated heterocycles. The van der Waals surface area contributed by atoms with Crippen LogP contribution in [0.25, 0.3) is 22.3 Å². The summed E-state index contributed by atoms with van der Waals surface area (Å²) in [5.41, 5.74) is 2.95. The van der Waals surface area contributed by atoms with E-state index in [9.17, 15) is 9.18 Å². The minimum absolute atomic E-state index is 0.0942. The van der Waals surface area contributed by atoms with Gasteiger partial charge in [0.25, 0.3) is 0 Å². The van der Waals surface area contributed by atoms with E-state index in [1.165, 1.54) is 23.9 Å².